The zero-order valence-corrected chi connectivity index (χ0v) is 17.2. The van der Waals surface area contributed by atoms with Gasteiger partial charge in [0, 0.05) is 26.2 Å². The molecular formula is C18H33N3O7. The second kappa shape index (κ2) is 12.4. The first-order valence-corrected chi connectivity index (χ1v) is 9.67. The Morgan fingerprint density at radius 2 is 1.68 bits per heavy atom. The molecule has 1 rings (SSSR count). The zero-order chi connectivity index (χ0) is 21.0. The van der Waals surface area contributed by atoms with Gasteiger partial charge in [-0.05, 0) is 39.5 Å². The SMILES string of the molecule is CCOC1(OCC)CCC1NC(=O)C(CCCCNC(=O)OC)NC(=O)OC. The van der Waals surface area contributed by atoms with E-state index in [1.807, 2.05) is 13.8 Å². The zero-order valence-electron chi connectivity index (χ0n) is 17.2. The molecule has 10 heteroatoms. The van der Waals surface area contributed by atoms with Gasteiger partial charge in [-0.3, -0.25) is 4.79 Å². The molecule has 0 saturated heterocycles. The lowest BCUT2D eigenvalue weighted by Crippen LogP contribution is -2.65. The van der Waals surface area contributed by atoms with Crippen molar-refractivity contribution in [1.82, 2.24) is 16.0 Å². The van der Waals surface area contributed by atoms with Crippen molar-refractivity contribution in [2.75, 3.05) is 34.0 Å². The number of nitrogens with one attached hydrogen (secondary N) is 3. The topological polar surface area (TPSA) is 124 Å². The van der Waals surface area contributed by atoms with Crippen LogP contribution >= 0.6 is 0 Å². The molecule has 28 heavy (non-hydrogen) atoms. The van der Waals surface area contributed by atoms with Crippen LogP contribution in [0, 0.1) is 0 Å². The fourth-order valence-electron chi connectivity index (χ4n) is 3.06. The monoisotopic (exact) mass is 403 g/mol. The summed E-state index contributed by atoms with van der Waals surface area (Å²) in [6, 6.07) is -1.03. The van der Waals surface area contributed by atoms with Crippen LogP contribution in [0.3, 0.4) is 0 Å². The van der Waals surface area contributed by atoms with Crippen LogP contribution in [0.5, 0.6) is 0 Å². The second-order valence-electron chi connectivity index (χ2n) is 6.38. The van der Waals surface area contributed by atoms with Crippen LogP contribution in [-0.4, -0.2) is 69.9 Å². The van der Waals surface area contributed by atoms with Crippen molar-refractivity contribution in [2.24, 2.45) is 0 Å². The number of alkyl carbamates (subject to hydrolysis) is 2. The predicted molar refractivity (Wildman–Crippen MR) is 101 cm³/mol. The van der Waals surface area contributed by atoms with E-state index in [4.69, 9.17) is 9.47 Å². The highest BCUT2D eigenvalue weighted by atomic mass is 16.7. The minimum Gasteiger partial charge on any atom is -0.453 e. The summed E-state index contributed by atoms with van der Waals surface area (Å²) in [5, 5.41) is 8.05. The number of rotatable bonds is 12. The van der Waals surface area contributed by atoms with Crippen molar-refractivity contribution < 1.29 is 33.3 Å². The van der Waals surface area contributed by atoms with Gasteiger partial charge in [0.05, 0.1) is 20.3 Å². The summed E-state index contributed by atoms with van der Waals surface area (Å²) in [6.45, 7) is 5.12. The van der Waals surface area contributed by atoms with Crippen molar-refractivity contribution in [1.29, 1.82) is 0 Å². The van der Waals surface area contributed by atoms with E-state index in [1.54, 1.807) is 0 Å². The third-order valence-electron chi connectivity index (χ3n) is 4.57. The van der Waals surface area contributed by atoms with Gasteiger partial charge in [0.2, 0.25) is 5.91 Å². The van der Waals surface area contributed by atoms with Crippen LogP contribution in [0.25, 0.3) is 0 Å². The number of methoxy groups -OCH3 is 2. The highest BCUT2D eigenvalue weighted by Crippen LogP contribution is 2.37. The van der Waals surface area contributed by atoms with Gasteiger partial charge in [0.15, 0.2) is 5.79 Å². The Morgan fingerprint density at radius 3 is 2.18 bits per heavy atom. The molecule has 1 aliphatic carbocycles. The smallest absolute Gasteiger partial charge is 0.407 e. The van der Waals surface area contributed by atoms with Gasteiger partial charge in [-0.1, -0.05) is 0 Å². The van der Waals surface area contributed by atoms with Gasteiger partial charge in [-0.15, -0.1) is 0 Å². The van der Waals surface area contributed by atoms with Crippen LogP contribution in [0.15, 0.2) is 0 Å². The summed E-state index contributed by atoms with van der Waals surface area (Å²) in [7, 11) is 2.53. The first-order chi connectivity index (χ1) is 13.4. The fourth-order valence-corrected chi connectivity index (χ4v) is 3.06. The third kappa shape index (κ3) is 7.16. The van der Waals surface area contributed by atoms with Crippen molar-refractivity contribution in [3.63, 3.8) is 0 Å². The van der Waals surface area contributed by atoms with Crippen LogP contribution in [0.4, 0.5) is 9.59 Å². The molecule has 0 bridgehead atoms. The number of carbonyl (C=O) groups is 3. The number of hydrogen-bond donors (Lipinski definition) is 3. The fraction of sp³-hybridized carbons (Fsp3) is 0.833. The molecule has 0 aromatic rings. The normalized spacial score (nSPS) is 18.4. The number of ether oxygens (including phenoxy) is 4. The van der Waals surface area contributed by atoms with Crippen LogP contribution in [0.1, 0.15) is 46.0 Å². The Bertz CT molecular complexity index is 509. The van der Waals surface area contributed by atoms with Gasteiger partial charge in [0.1, 0.15) is 6.04 Å². The average Bonchev–Trinajstić information content (AvgIpc) is 2.69. The Labute approximate surface area is 166 Å². The number of hydrogen-bond acceptors (Lipinski definition) is 7. The highest BCUT2D eigenvalue weighted by Gasteiger charge is 2.50. The maximum atomic E-state index is 12.7. The van der Waals surface area contributed by atoms with Crippen molar-refractivity contribution in [2.45, 2.75) is 63.8 Å². The molecule has 0 aromatic heterocycles. The summed E-state index contributed by atoms with van der Waals surface area (Å²) in [5.41, 5.74) is 0. The number of carbonyl (C=O) groups excluding carboxylic acids is 3. The Balaban J connectivity index is 2.59. The lowest BCUT2D eigenvalue weighted by Gasteiger charge is -2.48. The second-order valence-corrected chi connectivity index (χ2v) is 6.38. The summed E-state index contributed by atoms with van der Waals surface area (Å²) in [4.78, 5) is 35.4. The van der Waals surface area contributed by atoms with E-state index < -0.39 is 24.0 Å². The molecule has 3 N–H and O–H groups in total. The lowest BCUT2D eigenvalue weighted by molar-refractivity contribution is -0.288. The molecule has 1 saturated carbocycles. The lowest BCUT2D eigenvalue weighted by atomic mass is 9.84. The summed E-state index contributed by atoms with van der Waals surface area (Å²) in [6.07, 6.45) is 1.89. The Kier molecular flexibility index (Phi) is 10.6. The first kappa shape index (κ1) is 24.0. The minimum atomic E-state index is -0.806. The van der Waals surface area contributed by atoms with Gasteiger partial charge < -0.3 is 34.9 Å². The molecule has 162 valence electrons. The molecule has 0 heterocycles. The van der Waals surface area contributed by atoms with E-state index in [0.717, 1.165) is 6.42 Å². The molecule has 0 aliphatic heterocycles. The van der Waals surface area contributed by atoms with Gasteiger partial charge in [-0.25, -0.2) is 9.59 Å². The maximum absolute atomic E-state index is 12.7. The minimum absolute atomic E-state index is 0.275. The molecular weight excluding hydrogens is 370 g/mol. The first-order valence-electron chi connectivity index (χ1n) is 9.67. The third-order valence-corrected chi connectivity index (χ3v) is 4.57. The molecule has 1 aliphatic rings. The molecule has 0 aromatic carbocycles. The van der Waals surface area contributed by atoms with Crippen molar-refractivity contribution in [3.05, 3.63) is 0 Å². The molecule has 0 radical (unpaired) electrons. The van der Waals surface area contributed by atoms with Gasteiger partial charge >= 0.3 is 12.2 Å². The van der Waals surface area contributed by atoms with Gasteiger partial charge in [-0.2, -0.15) is 0 Å². The van der Waals surface area contributed by atoms with E-state index in [9.17, 15) is 14.4 Å². The molecule has 1 fully saturated rings. The van der Waals surface area contributed by atoms with E-state index in [0.29, 0.717) is 45.4 Å². The molecule has 3 amide bonds. The van der Waals surface area contributed by atoms with Gasteiger partial charge in [0.25, 0.3) is 0 Å². The molecule has 10 nitrogen and oxygen atoms in total. The maximum Gasteiger partial charge on any atom is 0.407 e. The molecule has 2 unspecified atom stereocenters. The highest BCUT2D eigenvalue weighted by molar-refractivity contribution is 5.85. The van der Waals surface area contributed by atoms with Crippen LogP contribution < -0.4 is 16.0 Å². The Hall–Kier alpha value is -2.07. The van der Waals surface area contributed by atoms with E-state index in [2.05, 4.69) is 25.4 Å². The van der Waals surface area contributed by atoms with E-state index in [1.165, 1.54) is 14.2 Å². The summed E-state index contributed by atoms with van der Waals surface area (Å²) < 4.78 is 20.6. The van der Waals surface area contributed by atoms with Crippen LogP contribution in [-0.2, 0) is 23.7 Å². The largest absolute Gasteiger partial charge is 0.453 e. The standard InChI is InChI=1S/C18H33N3O7/c1-5-27-18(28-6-2)11-10-14(18)21-15(22)13(20-17(24)26-4)9-7-8-12-19-16(23)25-3/h13-14H,5-12H2,1-4H3,(H,19,23)(H,20,24)(H,21,22). The predicted octanol–water partition coefficient (Wildman–Crippen LogP) is 1.29. The van der Waals surface area contributed by atoms with E-state index in [-0.39, 0.29) is 11.9 Å². The summed E-state index contributed by atoms with van der Waals surface area (Å²) >= 11 is 0. The van der Waals surface area contributed by atoms with Crippen molar-refractivity contribution >= 4 is 18.1 Å². The Morgan fingerprint density at radius 1 is 1.04 bits per heavy atom. The quantitative estimate of drug-likeness (QED) is 0.331. The molecule has 2 atom stereocenters. The van der Waals surface area contributed by atoms with Crippen molar-refractivity contribution in [3.8, 4) is 0 Å². The van der Waals surface area contributed by atoms with Crippen LogP contribution in [0.2, 0.25) is 0 Å². The molecule has 0 spiro atoms. The average molecular weight is 403 g/mol. The summed E-state index contributed by atoms with van der Waals surface area (Å²) in [5.74, 6) is -1.13. The number of unbranched alkanes of at least 4 members (excludes halogenated alkanes) is 1. The van der Waals surface area contributed by atoms with E-state index >= 15 is 0 Å². The number of amides is 3.